The summed E-state index contributed by atoms with van der Waals surface area (Å²) in [4.78, 5) is 28.9. The van der Waals surface area contributed by atoms with E-state index in [2.05, 4.69) is 20.6 Å². The normalized spacial score (nSPS) is 11.2. The van der Waals surface area contributed by atoms with E-state index in [4.69, 9.17) is 0 Å². The number of aliphatic imine (C=N–C) groups is 2. The fourth-order valence-corrected chi connectivity index (χ4v) is 2.87. The van der Waals surface area contributed by atoms with E-state index in [0.717, 1.165) is 0 Å². The average molecular weight is 596 g/mol. The number of benzene rings is 4. The molecule has 0 heterocycles. The Labute approximate surface area is 247 Å². The van der Waals surface area contributed by atoms with Crippen molar-refractivity contribution in [2.45, 2.75) is 0 Å². The second-order valence-electron chi connectivity index (χ2n) is 7.74. The molecule has 0 aliphatic carbocycles. The summed E-state index contributed by atoms with van der Waals surface area (Å²) in [6, 6.07) is 36.1. The number of para-hydroxylation sites is 4. The number of rotatable bonds is 10. The molecule has 4 aromatic carbocycles. The zero-order valence-corrected chi connectivity index (χ0v) is 22.4. The van der Waals surface area contributed by atoms with Gasteiger partial charge in [0.25, 0.3) is 11.4 Å². The fraction of sp³-hybridized carbons (Fsp3) is 0. The molecule has 0 amide bonds. The molecular formula is C30H24CuN6O4. The molecule has 0 atom stereocenters. The SMILES string of the molecule is O=[N+]([O-])/C(C=Nc1ccccc1)=C/[N-]c1ccccc1.O=[N+]([O-])/C(C=Nc1ccccc1)=C/[N-]c1ccccc1.[Cu+2]. The van der Waals surface area contributed by atoms with Crippen molar-refractivity contribution in [3.63, 3.8) is 0 Å². The van der Waals surface area contributed by atoms with Crippen LogP contribution in [0, 0.1) is 20.2 Å². The predicted molar refractivity (Wildman–Crippen MR) is 158 cm³/mol. The zero-order valence-electron chi connectivity index (χ0n) is 21.5. The maximum atomic E-state index is 10.9. The van der Waals surface area contributed by atoms with Crippen molar-refractivity contribution >= 4 is 35.2 Å². The first-order chi connectivity index (χ1) is 19.5. The number of hydrogen-bond donors (Lipinski definition) is 0. The summed E-state index contributed by atoms with van der Waals surface area (Å²) in [6.07, 6.45) is 4.78. The topological polar surface area (TPSA) is 139 Å². The second kappa shape index (κ2) is 18.0. The molecule has 0 bridgehead atoms. The third-order valence-corrected chi connectivity index (χ3v) is 4.83. The summed E-state index contributed by atoms with van der Waals surface area (Å²) in [5.74, 6) is 0. The van der Waals surface area contributed by atoms with Crippen molar-refractivity contribution in [1.82, 2.24) is 0 Å². The summed E-state index contributed by atoms with van der Waals surface area (Å²) in [7, 11) is 0. The van der Waals surface area contributed by atoms with E-state index in [0.29, 0.717) is 22.7 Å². The zero-order chi connectivity index (χ0) is 28.4. The van der Waals surface area contributed by atoms with Gasteiger partial charge in [-0.1, -0.05) is 109 Å². The van der Waals surface area contributed by atoms with Gasteiger partial charge in [-0.25, -0.2) is 9.98 Å². The fourth-order valence-electron chi connectivity index (χ4n) is 2.87. The van der Waals surface area contributed by atoms with Gasteiger partial charge in [0, 0.05) is 0 Å². The Morgan fingerprint density at radius 1 is 0.537 bits per heavy atom. The Balaban J connectivity index is 0.000000280. The van der Waals surface area contributed by atoms with Crippen molar-refractivity contribution in [3.05, 3.63) is 176 Å². The Kier molecular flexibility index (Phi) is 14.0. The van der Waals surface area contributed by atoms with Gasteiger partial charge in [-0.15, -0.1) is 11.4 Å². The van der Waals surface area contributed by atoms with E-state index >= 15 is 0 Å². The summed E-state index contributed by atoms with van der Waals surface area (Å²) < 4.78 is 0. The van der Waals surface area contributed by atoms with Gasteiger partial charge in [-0.05, 0) is 24.3 Å². The van der Waals surface area contributed by atoms with Crippen molar-refractivity contribution in [2.24, 2.45) is 9.98 Å². The maximum Gasteiger partial charge on any atom is 2.00 e. The quantitative estimate of drug-likeness (QED) is 0.0785. The van der Waals surface area contributed by atoms with Crippen LogP contribution in [0.2, 0.25) is 0 Å². The molecule has 11 heteroatoms. The number of nitrogens with zero attached hydrogens (tertiary/aromatic N) is 6. The molecule has 4 aromatic rings. The van der Waals surface area contributed by atoms with Gasteiger partial charge in [0.05, 0.1) is 21.2 Å². The number of nitro groups is 2. The molecule has 10 nitrogen and oxygen atoms in total. The van der Waals surface area contributed by atoms with Crippen LogP contribution < -0.4 is 0 Å². The minimum atomic E-state index is -0.515. The molecular weight excluding hydrogens is 572 g/mol. The first-order valence-corrected chi connectivity index (χ1v) is 11.9. The number of allylic oxidation sites excluding steroid dienone is 2. The molecule has 0 unspecified atom stereocenters. The van der Waals surface area contributed by atoms with E-state index in [-0.39, 0.29) is 28.5 Å². The molecule has 0 aliphatic rings. The summed E-state index contributed by atoms with van der Waals surface area (Å²) >= 11 is 0. The third kappa shape index (κ3) is 12.3. The van der Waals surface area contributed by atoms with Crippen LogP contribution >= 0.6 is 0 Å². The van der Waals surface area contributed by atoms with Gasteiger partial charge in [0.15, 0.2) is 0 Å². The van der Waals surface area contributed by atoms with Crippen LogP contribution in [0.15, 0.2) is 155 Å². The molecule has 0 spiro atoms. The van der Waals surface area contributed by atoms with Gasteiger partial charge < -0.3 is 10.6 Å². The van der Waals surface area contributed by atoms with Crippen LogP contribution in [-0.4, -0.2) is 22.3 Å². The summed E-state index contributed by atoms with van der Waals surface area (Å²) in [5.41, 5.74) is 2.27. The second-order valence-corrected chi connectivity index (χ2v) is 7.74. The first kappa shape index (κ1) is 31.8. The van der Waals surface area contributed by atoms with Crippen molar-refractivity contribution in [2.75, 3.05) is 0 Å². The first-order valence-electron chi connectivity index (χ1n) is 11.9. The Morgan fingerprint density at radius 3 is 1.12 bits per heavy atom. The summed E-state index contributed by atoms with van der Waals surface area (Å²) in [6.45, 7) is 0. The molecule has 4 rings (SSSR count). The molecule has 1 radical (unpaired) electrons. The van der Waals surface area contributed by atoms with E-state index in [1.165, 1.54) is 24.8 Å². The van der Waals surface area contributed by atoms with E-state index in [9.17, 15) is 20.2 Å². The van der Waals surface area contributed by atoms with Gasteiger partial charge in [0.2, 0.25) is 0 Å². The molecule has 0 aliphatic heterocycles. The van der Waals surface area contributed by atoms with Gasteiger partial charge in [-0.3, -0.25) is 20.2 Å². The van der Waals surface area contributed by atoms with E-state index < -0.39 is 9.85 Å². The van der Waals surface area contributed by atoms with Crippen LogP contribution in [0.25, 0.3) is 10.6 Å². The third-order valence-electron chi connectivity index (χ3n) is 4.83. The molecule has 41 heavy (non-hydrogen) atoms. The molecule has 0 N–H and O–H groups in total. The minimum absolute atomic E-state index is 0. The van der Waals surface area contributed by atoms with E-state index in [1.54, 1.807) is 48.5 Å². The van der Waals surface area contributed by atoms with Crippen molar-refractivity contribution < 1.29 is 26.9 Å². The van der Waals surface area contributed by atoms with Gasteiger partial charge in [0.1, 0.15) is 12.4 Å². The predicted octanol–water partition coefficient (Wildman–Crippen LogP) is 8.42. The van der Waals surface area contributed by atoms with Crippen molar-refractivity contribution in [1.29, 1.82) is 0 Å². The van der Waals surface area contributed by atoms with Gasteiger partial charge >= 0.3 is 17.1 Å². The Morgan fingerprint density at radius 2 is 0.829 bits per heavy atom. The molecule has 0 saturated carbocycles. The largest absolute Gasteiger partial charge is 2.00 e. The minimum Gasteiger partial charge on any atom is -0.659 e. The van der Waals surface area contributed by atoms with E-state index in [1.807, 2.05) is 72.8 Å². The molecule has 0 aromatic heterocycles. The standard InChI is InChI=1S/2C15H12N3O2.Cu/c2*19-18(20)15(11-16-13-7-3-1-4-8-13)12-17-14-9-5-2-6-10-14;/h2*1-12H;/q2*-1;+2/b2*15-11+,17-12?;. The Bertz CT molecular complexity index is 1370. The summed E-state index contributed by atoms with van der Waals surface area (Å²) in [5, 5.41) is 29.9. The average Bonchev–Trinajstić information content (AvgIpc) is 2.99. The monoisotopic (exact) mass is 595 g/mol. The van der Waals surface area contributed by atoms with Crippen molar-refractivity contribution in [3.8, 4) is 0 Å². The van der Waals surface area contributed by atoms with Crippen LogP contribution in [0.5, 0.6) is 0 Å². The van der Waals surface area contributed by atoms with Gasteiger partial charge in [-0.2, -0.15) is 0 Å². The molecule has 0 saturated heterocycles. The van der Waals surface area contributed by atoms with Crippen LogP contribution in [0.3, 0.4) is 0 Å². The van der Waals surface area contributed by atoms with Crippen LogP contribution in [0.4, 0.5) is 22.7 Å². The molecule has 0 fully saturated rings. The number of hydrogen-bond acceptors (Lipinski definition) is 6. The Hall–Kier alpha value is -5.38. The van der Waals surface area contributed by atoms with Crippen LogP contribution in [-0.2, 0) is 17.1 Å². The smallest absolute Gasteiger partial charge is 0.659 e. The molecule has 209 valence electrons. The maximum absolute atomic E-state index is 10.9. The van der Waals surface area contributed by atoms with Crippen LogP contribution in [0.1, 0.15) is 0 Å².